The van der Waals surface area contributed by atoms with E-state index in [1.807, 2.05) is 38.1 Å². The summed E-state index contributed by atoms with van der Waals surface area (Å²) in [6.45, 7) is 3.88. The van der Waals surface area contributed by atoms with E-state index >= 15 is 0 Å². The summed E-state index contributed by atoms with van der Waals surface area (Å²) >= 11 is 13.2. The summed E-state index contributed by atoms with van der Waals surface area (Å²) in [5, 5.41) is 10.5. The van der Waals surface area contributed by atoms with Gasteiger partial charge in [-0.15, -0.1) is 11.3 Å². The molecule has 0 amide bonds. The Hall–Kier alpha value is -0.740. The lowest BCUT2D eigenvalue weighted by Crippen LogP contribution is -2.09. The Bertz CT molecular complexity index is 566. The number of aliphatic hydroxyl groups is 1. The molecule has 0 bridgehead atoms. The Morgan fingerprint density at radius 2 is 1.84 bits per heavy atom. The van der Waals surface area contributed by atoms with Crippen molar-refractivity contribution in [2.45, 2.75) is 26.1 Å². The first-order valence-corrected chi connectivity index (χ1v) is 7.44. The SMILES string of the molecule is CC(C)Oc1ccccc1C(O)c1cc(Cl)sc1Cl. The van der Waals surface area contributed by atoms with Crippen LogP contribution in [0, 0.1) is 0 Å². The molecular formula is C14H14Cl2O2S. The standard InChI is InChI=1S/C14H14Cl2O2S/c1-8(2)18-11-6-4-3-5-9(11)13(17)10-7-12(15)19-14(10)16/h3-8,13,17H,1-2H3. The van der Waals surface area contributed by atoms with Crippen molar-refractivity contribution >= 4 is 34.5 Å². The molecule has 2 nitrogen and oxygen atoms in total. The molecule has 2 rings (SSSR count). The third-order valence-corrected chi connectivity index (χ3v) is 4.07. The quantitative estimate of drug-likeness (QED) is 0.867. The fourth-order valence-corrected chi connectivity index (χ4v) is 3.29. The number of thiophene rings is 1. The summed E-state index contributed by atoms with van der Waals surface area (Å²) < 4.78 is 6.76. The lowest BCUT2D eigenvalue weighted by Gasteiger charge is -2.17. The van der Waals surface area contributed by atoms with E-state index in [4.69, 9.17) is 27.9 Å². The van der Waals surface area contributed by atoms with E-state index in [0.29, 0.717) is 25.5 Å². The zero-order valence-electron chi connectivity index (χ0n) is 10.6. The maximum absolute atomic E-state index is 10.5. The highest BCUT2D eigenvalue weighted by Gasteiger charge is 2.20. The smallest absolute Gasteiger partial charge is 0.125 e. The van der Waals surface area contributed by atoms with Crippen LogP contribution in [-0.2, 0) is 0 Å². The number of hydrogen-bond donors (Lipinski definition) is 1. The normalized spacial score (nSPS) is 12.7. The van der Waals surface area contributed by atoms with Gasteiger partial charge < -0.3 is 9.84 Å². The van der Waals surface area contributed by atoms with Gasteiger partial charge in [-0.2, -0.15) is 0 Å². The largest absolute Gasteiger partial charge is 0.491 e. The Morgan fingerprint density at radius 1 is 1.16 bits per heavy atom. The predicted octanol–water partition coefficient (Wildman–Crippen LogP) is 4.92. The van der Waals surface area contributed by atoms with Crippen molar-refractivity contribution in [1.82, 2.24) is 0 Å². The van der Waals surface area contributed by atoms with Crippen LogP contribution in [0.4, 0.5) is 0 Å². The highest BCUT2D eigenvalue weighted by atomic mass is 35.5. The molecule has 0 aliphatic carbocycles. The summed E-state index contributed by atoms with van der Waals surface area (Å²) in [5.41, 5.74) is 1.30. The second kappa shape index (κ2) is 6.14. The molecule has 0 saturated heterocycles. The second-order valence-electron chi connectivity index (χ2n) is 4.39. The van der Waals surface area contributed by atoms with Gasteiger partial charge in [0.1, 0.15) is 16.2 Å². The minimum atomic E-state index is -0.841. The van der Waals surface area contributed by atoms with Crippen LogP contribution in [0.3, 0.4) is 0 Å². The van der Waals surface area contributed by atoms with Gasteiger partial charge in [-0.05, 0) is 26.0 Å². The number of ether oxygens (including phenoxy) is 1. The fraction of sp³-hybridized carbons (Fsp3) is 0.286. The van der Waals surface area contributed by atoms with Crippen molar-refractivity contribution in [3.63, 3.8) is 0 Å². The van der Waals surface area contributed by atoms with Crippen molar-refractivity contribution in [3.8, 4) is 5.75 Å². The molecular weight excluding hydrogens is 303 g/mol. The van der Waals surface area contributed by atoms with Gasteiger partial charge in [-0.1, -0.05) is 41.4 Å². The van der Waals surface area contributed by atoms with Crippen LogP contribution >= 0.6 is 34.5 Å². The lowest BCUT2D eigenvalue weighted by atomic mass is 10.0. The maximum Gasteiger partial charge on any atom is 0.125 e. The van der Waals surface area contributed by atoms with Crippen molar-refractivity contribution in [2.75, 3.05) is 0 Å². The Morgan fingerprint density at radius 3 is 2.42 bits per heavy atom. The molecule has 1 aromatic heterocycles. The first-order chi connectivity index (χ1) is 8.99. The zero-order valence-corrected chi connectivity index (χ0v) is 12.9. The van der Waals surface area contributed by atoms with Gasteiger partial charge in [-0.3, -0.25) is 0 Å². The number of benzene rings is 1. The molecule has 102 valence electrons. The molecule has 5 heteroatoms. The van der Waals surface area contributed by atoms with E-state index in [1.165, 1.54) is 11.3 Å². The number of hydrogen-bond acceptors (Lipinski definition) is 3. The van der Waals surface area contributed by atoms with Gasteiger partial charge in [0.05, 0.1) is 10.4 Å². The van der Waals surface area contributed by atoms with Crippen molar-refractivity contribution in [3.05, 3.63) is 50.1 Å². The summed E-state index contributed by atoms with van der Waals surface area (Å²) in [6.07, 6.45) is -0.805. The molecule has 0 radical (unpaired) electrons. The van der Waals surface area contributed by atoms with Gasteiger partial charge in [0.2, 0.25) is 0 Å². The van der Waals surface area contributed by atoms with Crippen molar-refractivity contribution in [1.29, 1.82) is 0 Å². The molecule has 0 spiro atoms. The van der Waals surface area contributed by atoms with Gasteiger partial charge in [0.15, 0.2) is 0 Å². The van der Waals surface area contributed by atoms with E-state index in [9.17, 15) is 5.11 Å². The Kier molecular flexibility index (Phi) is 4.74. The van der Waals surface area contributed by atoms with E-state index in [0.717, 1.165) is 0 Å². The average molecular weight is 317 g/mol. The molecule has 1 aromatic carbocycles. The minimum Gasteiger partial charge on any atom is -0.491 e. The highest BCUT2D eigenvalue weighted by Crippen LogP contribution is 2.39. The van der Waals surface area contributed by atoms with Gasteiger partial charge in [0.25, 0.3) is 0 Å². The fourth-order valence-electron chi connectivity index (χ4n) is 1.77. The molecule has 1 atom stereocenters. The highest BCUT2D eigenvalue weighted by molar-refractivity contribution is 7.20. The summed E-state index contributed by atoms with van der Waals surface area (Å²) in [5.74, 6) is 0.656. The summed E-state index contributed by atoms with van der Waals surface area (Å²) in [7, 11) is 0. The van der Waals surface area contributed by atoms with Crippen LogP contribution < -0.4 is 4.74 Å². The minimum absolute atomic E-state index is 0.0369. The first kappa shape index (κ1) is 14.7. The molecule has 1 heterocycles. The van der Waals surface area contributed by atoms with Crippen LogP contribution in [0.2, 0.25) is 8.67 Å². The third kappa shape index (κ3) is 3.42. The number of halogens is 2. The summed E-state index contributed by atoms with van der Waals surface area (Å²) in [6, 6.07) is 9.07. The van der Waals surface area contributed by atoms with Gasteiger partial charge >= 0.3 is 0 Å². The van der Waals surface area contributed by atoms with Crippen LogP contribution in [-0.4, -0.2) is 11.2 Å². The predicted molar refractivity (Wildman–Crippen MR) is 80.6 cm³/mol. The van der Waals surface area contributed by atoms with Crippen molar-refractivity contribution < 1.29 is 9.84 Å². The number of aliphatic hydroxyl groups excluding tert-OH is 1. The Balaban J connectivity index is 2.38. The van der Waals surface area contributed by atoms with E-state index in [1.54, 1.807) is 6.07 Å². The monoisotopic (exact) mass is 316 g/mol. The molecule has 19 heavy (non-hydrogen) atoms. The third-order valence-electron chi connectivity index (χ3n) is 2.55. The van der Waals surface area contributed by atoms with E-state index in [-0.39, 0.29) is 6.10 Å². The number of para-hydroxylation sites is 1. The molecule has 1 N–H and O–H groups in total. The van der Waals surface area contributed by atoms with Crippen LogP contribution in [0.1, 0.15) is 31.1 Å². The van der Waals surface area contributed by atoms with Crippen LogP contribution in [0.15, 0.2) is 30.3 Å². The summed E-state index contributed by atoms with van der Waals surface area (Å²) in [4.78, 5) is 0. The van der Waals surface area contributed by atoms with Gasteiger partial charge in [-0.25, -0.2) is 0 Å². The van der Waals surface area contributed by atoms with Crippen molar-refractivity contribution in [2.24, 2.45) is 0 Å². The van der Waals surface area contributed by atoms with Gasteiger partial charge in [0, 0.05) is 11.1 Å². The molecule has 1 unspecified atom stereocenters. The molecule has 0 saturated carbocycles. The topological polar surface area (TPSA) is 29.5 Å². The lowest BCUT2D eigenvalue weighted by molar-refractivity contribution is 0.198. The zero-order chi connectivity index (χ0) is 14.0. The van der Waals surface area contributed by atoms with Crippen LogP contribution in [0.25, 0.3) is 0 Å². The van der Waals surface area contributed by atoms with E-state index < -0.39 is 6.10 Å². The molecule has 0 fully saturated rings. The molecule has 0 aliphatic rings. The Labute approximate surface area is 126 Å². The first-order valence-electron chi connectivity index (χ1n) is 5.87. The average Bonchev–Trinajstić information content (AvgIpc) is 2.67. The van der Waals surface area contributed by atoms with Crippen LogP contribution in [0.5, 0.6) is 5.75 Å². The molecule has 0 aliphatic heterocycles. The molecule has 2 aromatic rings. The maximum atomic E-state index is 10.5. The van der Waals surface area contributed by atoms with E-state index in [2.05, 4.69) is 0 Å². The number of rotatable bonds is 4. The second-order valence-corrected chi connectivity index (χ2v) is 6.67.